The zero-order valence-corrected chi connectivity index (χ0v) is 7.90. The van der Waals surface area contributed by atoms with E-state index in [0.717, 1.165) is 6.20 Å². The van der Waals surface area contributed by atoms with Gasteiger partial charge in [0.15, 0.2) is 5.75 Å². The SMILES string of the molecule is NC(Cc1cc(Cl)c(O)cn1)C(=O)O. The molecule has 1 atom stereocenters. The maximum atomic E-state index is 10.4. The summed E-state index contributed by atoms with van der Waals surface area (Å²) in [5.74, 6) is -1.24. The number of nitrogens with zero attached hydrogens (tertiary/aromatic N) is 1. The largest absolute Gasteiger partial charge is 0.505 e. The van der Waals surface area contributed by atoms with Crippen molar-refractivity contribution in [2.24, 2.45) is 5.73 Å². The first-order chi connectivity index (χ1) is 6.50. The molecule has 0 aliphatic heterocycles. The van der Waals surface area contributed by atoms with E-state index < -0.39 is 12.0 Å². The maximum absolute atomic E-state index is 10.4. The topological polar surface area (TPSA) is 96.4 Å². The molecule has 14 heavy (non-hydrogen) atoms. The molecule has 0 saturated heterocycles. The molecule has 0 aromatic carbocycles. The van der Waals surface area contributed by atoms with E-state index in [9.17, 15) is 4.79 Å². The molecule has 1 aromatic heterocycles. The van der Waals surface area contributed by atoms with Crippen LogP contribution in [0.4, 0.5) is 0 Å². The van der Waals surface area contributed by atoms with Gasteiger partial charge in [0.2, 0.25) is 0 Å². The molecular weight excluding hydrogens is 208 g/mol. The molecule has 0 aliphatic rings. The number of halogens is 1. The zero-order valence-electron chi connectivity index (χ0n) is 7.14. The first kappa shape index (κ1) is 10.7. The van der Waals surface area contributed by atoms with E-state index in [-0.39, 0.29) is 17.2 Å². The fourth-order valence-corrected chi connectivity index (χ4v) is 1.06. The van der Waals surface area contributed by atoms with E-state index in [0.29, 0.717) is 5.69 Å². The standard InChI is InChI=1S/C8H9ClN2O3/c9-5-1-4(11-3-7(5)12)2-6(10)8(13)14/h1,3,6,12H,2,10H2,(H,13,14). The Labute approximate surface area is 85.1 Å². The van der Waals surface area contributed by atoms with Crippen molar-refractivity contribution in [3.8, 4) is 5.75 Å². The molecule has 0 aliphatic carbocycles. The predicted molar refractivity (Wildman–Crippen MR) is 50.2 cm³/mol. The highest BCUT2D eigenvalue weighted by Crippen LogP contribution is 2.21. The van der Waals surface area contributed by atoms with Crippen molar-refractivity contribution in [1.82, 2.24) is 4.98 Å². The molecule has 6 heteroatoms. The summed E-state index contributed by atoms with van der Waals surface area (Å²) in [6.07, 6.45) is 1.24. The van der Waals surface area contributed by atoms with Crippen LogP contribution in [0.3, 0.4) is 0 Å². The average Bonchev–Trinajstić information content (AvgIpc) is 2.11. The van der Waals surface area contributed by atoms with Gasteiger partial charge in [0, 0.05) is 12.1 Å². The normalized spacial score (nSPS) is 12.4. The van der Waals surface area contributed by atoms with Crippen molar-refractivity contribution in [3.63, 3.8) is 0 Å². The van der Waals surface area contributed by atoms with Crippen LogP contribution in [0.5, 0.6) is 5.75 Å². The van der Waals surface area contributed by atoms with E-state index in [2.05, 4.69) is 4.98 Å². The molecule has 1 heterocycles. The summed E-state index contributed by atoms with van der Waals surface area (Å²) in [7, 11) is 0. The Kier molecular flexibility index (Phi) is 3.27. The van der Waals surface area contributed by atoms with Crippen molar-refractivity contribution >= 4 is 17.6 Å². The monoisotopic (exact) mass is 216 g/mol. The molecule has 0 spiro atoms. The first-order valence-electron chi connectivity index (χ1n) is 3.82. The van der Waals surface area contributed by atoms with Gasteiger partial charge in [-0.2, -0.15) is 0 Å². The number of nitrogens with two attached hydrogens (primary N) is 1. The van der Waals surface area contributed by atoms with Crippen molar-refractivity contribution in [3.05, 3.63) is 23.0 Å². The minimum Gasteiger partial charge on any atom is -0.505 e. The van der Waals surface area contributed by atoms with Crippen molar-refractivity contribution < 1.29 is 15.0 Å². The number of hydrogen-bond acceptors (Lipinski definition) is 4. The average molecular weight is 217 g/mol. The number of pyridine rings is 1. The van der Waals surface area contributed by atoms with Crippen LogP contribution in [0, 0.1) is 0 Å². The second kappa shape index (κ2) is 4.26. The molecule has 76 valence electrons. The van der Waals surface area contributed by atoms with Gasteiger partial charge in [-0.05, 0) is 6.07 Å². The quantitative estimate of drug-likeness (QED) is 0.680. The smallest absolute Gasteiger partial charge is 0.320 e. The summed E-state index contributed by atoms with van der Waals surface area (Å²) in [5, 5.41) is 17.7. The van der Waals surface area contributed by atoms with Crippen LogP contribution >= 0.6 is 11.6 Å². The van der Waals surface area contributed by atoms with Gasteiger partial charge in [-0.1, -0.05) is 11.6 Å². The van der Waals surface area contributed by atoms with Crippen LogP contribution in [-0.4, -0.2) is 27.2 Å². The van der Waals surface area contributed by atoms with E-state index >= 15 is 0 Å². The van der Waals surface area contributed by atoms with E-state index in [4.69, 9.17) is 27.5 Å². The lowest BCUT2D eigenvalue weighted by Gasteiger charge is -2.05. The molecule has 0 saturated carbocycles. The lowest BCUT2D eigenvalue weighted by atomic mass is 10.1. The Hall–Kier alpha value is -1.33. The van der Waals surface area contributed by atoms with Crippen molar-refractivity contribution in [2.75, 3.05) is 0 Å². The molecule has 4 N–H and O–H groups in total. The lowest BCUT2D eigenvalue weighted by Crippen LogP contribution is -2.32. The second-order valence-corrected chi connectivity index (χ2v) is 3.18. The molecule has 1 aromatic rings. The molecule has 0 fully saturated rings. The summed E-state index contributed by atoms with van der Waals surface area (Å²) in [5.41, 5.74) is 5.72. The Balaban J connectivity index is 2.78. The lowest BCUT2D eigenvalue weighted by molar-refractivity contribution is -0.138. The molecule has 5 nitrogen and oxygen atoms in total. The van der Waals surface area contributed by atoms with E-state index in [1.165, 1.54) is 6.07 Å². The minimum absolute atomic E-state index is 0.0787. The minimum atomic E-state index is -1.10. The molecule has 0 radical (unpaired) electrons. The number of aromatic nitrogens is 1. The third-order valence-corrected chi connectivity index (χ3v) is 1.94. The maximum Gasteiger partial charge on any atom is 0.320 e. The number of carboxylic acids is 1. The molecule has 0 bridgehead atoms. The van der Waals surface area contributed by atoms with Gasteiger partial charge in [0.05, 0.1) is 11.2 Å². The second-order valence-electron chi connectivity index (χ2n) is 2.78. The van der Waals surface area contributed by atoms with Gasteiger partial charge in [-0.25, -0.2) is 0 Å². The molecule has 1 rings (SSSR count). The zero-order chi connectivity index (χ0) is 10.7. The van der Waals surface area contributed by atoms with Gasteiger partial charge in [-0.15, -0.1) is 0 Å². The van der Waals surface area contributed by atoms with Crippen molar-refractivity contribution in [2.45, 2.75) is 12.5 Å². The first-order valence-corrected chi connectivity index (χ1v) is 4.20. The number of aliphatic carboxylic acids is 1. The fourth-order valence-electron chi connectivity index (χ4n) is 0.887. The van der Waals surface area contributed by atoms with Crippen LogP contribution in [0.15, 0.2) is 12.3 Å². The molecule has 0 amide bonds. The van der Waals surface area contributed by atoms with Crippen LogP contribution in [0.1, 0.15) is 5.69 Å². The number of carboxylic acid groups (broad SMARTS) is 1. The van der Waals surface area contributed by atoms with Crippen LogP contribution in [0.25, 0.3) is 0 Å². The third-order valence-electron chi connectivity index (χ3n) is 1.64. The van der Waals surface area contributed by atoms with Crippen LogP contribution < -0.4 is 5.73 Å². The fraction of sp³-hybridized carbons (Fsp3) is 0.250. The highest BCUT2D eigenvalue weighted by Gasteiger charge is 2.13. The van der Waals surface area contributed by atoms with Gasteiger partial charge in [0.1, 0.15) is 6.04 Å². The van der Waals surface area contributed by atoms with E-state index in [1.54, 1.807) is 0 Å². The third kappa shape index (κ3) is 2.58. The van der Waals surface area contributed by atoms with Crippen LogP contribution in [0.2, 0.25) is 5.02 Å². The number of carbonyl (C=O) groups is 1. The highest BCUT2D eigenvalue weighted by molar-refractivity contribution is 6.31. The number of rotatable bonds is 3. The molecule has 1 unspecified atom stereocenters. The summed E-state index contributed by atoms with van der Waals surface area (Å²) >= 11 is 5.60. The van der Waals surface area contributed by atoms with E-state index in [1.807, 2.05) is 0 Å². The Bertz CT molecular complexity index is 356. The van der Waals surface area contributed by atoms with Gasteiger partial charge < -0.3 is 15.9 Å². The number of aromatic hydroxyl groups is 1. The number of hydrogen-bond donors (Lipinski definition) is 3. The highest BCUT2D eigenvalue weighted by atomic mass is 35.5. The van der Waals surface area contributed by atoms with Gasteiger partial charge >= 0.3 is 5.97 Å². The van der Waals surface area contributed by atoms with Crippen LogP contribution in [-0.2, 0) is 11.2 Å². The summed E-state index contributed by atoms with van der Waals surface area (Å²) < 4.78 is 0. The predicted octanol–water partition coefficient (Wildman–Crippen LogP) is 0.395. The van der Waals surface area contributed by atoms with Gasteiger partial charge in [0.25, 0.3) is 0 Å². The van der Waals surface area contributed by atoms with Gasteiger partial charge in [-0.3, -0.25) is 9.78 Å². The Morgan fingerprint density at radius 3 is 2.86 bits per heavy atom. The molecular formula is C8H9ClN2O3. The Morgan fingerprint density at radius 2 is 2.36 bits per heavy atom. The summed E-state index contributed by atoms with van der Waals surface area (Å²) in [4.78, 5) is 14.2. The summed E-state index contributed by atoms with van der Waals surface area (Å²) in [6, 6.07) is 0.378. The van der Waals surface area contributed by atoms with Crippen molar-refractivity contribution in [1.29, 1.82) is 0 Å². The Morgan fingerprint density at radius 1 is 1.71 bits per heavy atom. The summed E-state index contributed by atoms with van der Waals surface area (Å²) in [6.45, 7) is 0.